The van der Waals surface area contributed by atoms with Gasteiger partial charge in [0.2, 0.25) is 0 Å². The molecule has 0 heterocycles. The molecule has 1 nitrogen and oxygen atoms in total. The van der Waals surface area contributed by atoms with Crippen LogP contribution in [-0.4, -0.2) is 0 Å². The van der Waals surface area contributed by atoms with E-state index in [0.717, 1.165) is 6.42 Å². The van der Waals surface area contributed by atoms with Crippen molar-refractivity contribution in [1.82, 2.24) is 0 Å². The summed E-state index contributed by atoms with van der Waals surface area (Å²) in [6, 6.07) is 4.51. The summed E-state index contributed by atoms with van der Waals surface area (Å²) in [5.74, 6) is 0. The van der Waals surface area contributed by atoms with Gasteiger partial charge in [0.05, 0.1) is 6.04 Å². The molecule has 0 amide bonds. The number of allylic oxidation sites excluding steroid dienone is 1. The van der Waals surface area contributed by atoms with E-state index >= 15 is 0 Å². The van der Waals surface area contributed by atoms with Crippen molar-refractivity contribution in [2.24, 2.45) is 5.73 Å². The fourth-order valence-electron chi connectivity index (χ4n) is 2.70. The minimum absolute atomic E-state index is 0.0774. The van der Waals surface area contributed by atoms with Crippen LogP contribution in [0.3, 0.4) is 0 Å². The van der Waals surface area contributed by atoms with Gasteiger partial charge in [-0.3, -0.25) is 0 Å². The maximum atomic E-state index is 6.44. The van der Waals surface area contributed by atoms with Crippen LogP contribution >= 0.6 is 15.9 Å². The zero-order valence-electron chi connectivity index (χ0n) is 11.3. The average Bonchev–Trinajstić information content (AvgIpc) is 2.63. The van der Waals surface area contributed by atoms with Crippen molar-refractivity contribution in [2.75, 3.05) is 0 Å². The van der Waals surface area contributed by atoms with Gasteiger partial charge >= 0.3 is 0 Å². The average molecular weight is 308 g/mol. The third kappa shape index (κ3) is 3.04. The van der Waals surface area contributed by atoms with E-state index < -0.39 is 0 Å². The number of halogens is 1. The van der Waals surface area contributed by atoms with Gasteiger partial charge in [0.25, 0.3) is 0 Å². The Kier molecular flexibility index (Phi) is 4.63. The van der Waals surface area contributed by atoms with Crippen LogP contribution in [0.15, 0.2) is 28.3 Å². The lowest BCUT2D eigenvalue weighted by Gasteiger charge is -2.18. The van der Waals surface area contributed by atoms with Gasteiger partial charge in [-0.2, -0.15) is 0 Å². The lowest BCUT2D eigenvalue weighted by molar-refractivity contribution is 0.687. The molecule has 1 aliphatic carbocycles. The highest BCUT2D eigenvalue weighted by atomic mass is 79.9. The van der Waals surface area contributed by atoms with Crippen LogP contribution in [0.2, 0.25) is 0 Å². The summed E-state index contributed by atoms with van der Waals surface area (Å²) in [6.07, 6.45) is 8.66. The maximum absolute atomic E-state index is 6.44. The van der Waals surface area contributed by atoms with E-state index in [1.807, 2.05) is 0 Å². The summed E-state index contributed by atoms with van der Waals surface area (Å²) in [4.78, 5) is 0. The Morgan fingerprint density at radius 2 is 1.78 bits per heavy atom. The standard InChI is InChI=1S/C16H22BrN/c1-11-9-14(10-12(2)15(11)17)16(18)13-7-5-3-4-6-8-13/h7,9-10,16H,3-6,8,18H2,1-2H3. The van der Waals surface area contributed by atoms with Crippen LogP contribution in [0.4, 0.5) is 0 Å². The van der Waals surface area contributed by atoms with Crippen LogP contribution in [-0.2, 0) is 0 Å². The molecule has 1 aromatic rings. The van der Waals surface area contributed by atoms with E-state index in [1.54, 1.807) is 0 Å². The summed E-state index contributed by atoms with van der Waals surface area (Å²) in [7, 11) is 0. The van der Waals surface area contributed by atoms with Crippen molar-refractivity contribution in [1.29, 1.82) is 0 Å². The number of hydrogen-bond acceptors (Lipinski definition) is 1. The van der Waals surface area contributed by atoms with Gasteiger partial charge in [0.15, 0.2) is 0 Å². The molecule has 0 spiro atoms. The SMILES string of the molecule is Cc1cc(C(N)C2=CCCCCC2)cc(C)c1Br. The molecule has 98 valence electrons. The highest BCUT2D eigenvalue weighted by molar-refractivity contribution is 9.10. The molecule has 0 bridgehead atoms. The number of benzene rings is 1. The fraction of sp³-hybridized carbons (Fsp3) is 0.500. The van der Waals surface area contributed by atoms with E-state index in [0.29, 0.717) is 0 Å². The largest absolute Gasteiger partial charge is 0.321 e. The molecule has 1 aliphatic rings. The number of rotatable bonds is 2. The molecule has 0 aromatic heterocycles. The Bertz CT molecular complexity index is 439. The molecule has 0 aliphatic heterocycles. The monoisotopic (exact) mass is 307 g/mol. The summed E-state index contributed by atoms with van der Waals surface area (Å²) >= 11 is 3.62. The highest BCUT2D eigenvalue weighted by Crippen LogP contribution is 2.31. The lowest BCUT2D eigenvalue weighted by atomic mass is 9.93. The number of nitrogens with two attached hydrogens (primary N) is 1. The molecular weight excluding hydrogens is 286 g/mol. The second-order valence-corrected chi connectivity index (χ2v) is 6.12. The molecule has 1 atom stereocenters. The molecule has 0 radical (unpaired) electrons. The Morgan fingerprint density at radius 1 is 1.11 bits per heavy atom. The third-order valence-corrected chi connectivity index (χ3v) is 5.04. The van der Waals surface area contributed by atoms with Crippen LogP contribution in [0, 0.1) is 13.8 Å². The molecule has 2 rings (SSSR count). The molecule has 1 aromatic carbocycles. The van der Waals surface area contributed by atoms with E-state index in [9.17, 15) is 0 Å². The predicted octanol–water partition coefficient (Wildman–Crippen LogP) is 4.96. The Hall–Kier alpha value is -0.600. The fourth-order valence-corrected chi connectivity index (χ4v) is 2.92. The van der Waals surface area contributed by atoms with Crippen LogP contribution in [0.5, 0.6) is 0 Å². The quantitative estimate of drug-likeness (QED) is 0.768. The topological polar surface area (TPSA) is 26.0 Å². The van der Waals surface area contributed by atoms with E-state index in [4.69, 9.17) is 5.73 Å². The van der Waals surface area contributed by atoms with Gasteiger partial charge in [0, 0.05) is 4.47 Å². The van der Waals surface area contributed by atoms with Crippen LogP contribution < -0.4 is 5.73 Å². The summed E-state index contributed by atoms with van der Waals surface area (Å²) < 4.78 is 1.20. The highest BCUT2D eigenvalue weighted by Gasteiger charge is 2.15. The molecule has 18 heavy (non-hydrogen) atoms. The molecule has 1 unspecified atom stereocenters. The van der Waals surface area contributed by atoms with Crippen molar-refractivity contribution < 1.29 is 0 Å². The second-order valence-electron chi connectivity index (χ2n) is 5.32. The van der Waals surface area contributed by atoms with Crippen molar-refractivity contribution in [3.05, 3.63) is 44.9 Å². The van der Waals surface area contributed by atoms with Crippen molar-refractivity contribution in [3.63, 3.8) is 0 Å². The van der Waals surface area contributed by atoms with Crippen molar-refractivity contribution in [3.8, 4) is 0 Å². The Labute approximate surface area is 119 Å². The summed E-state index contributed by atoms with van der Waals surface area (Å²) in [5.41, 5.74) is 11.7. The summed E-state index contributed by atoms with van der Waals surface area (Å²) in [5, 5.41) is 0. The minimum Gasteiger partial charge on any atom is -0.321 e. The van der Waals surface area contributed by atoms with Gasteiger partial charge in [-0.05, 0) is 56.2 Å². The molecule has 2 heteroatoms. The Balaban J connectivity index is 2.27. The van der Waals surface area contributed by atoms with Gasteiger partial charge < -0.3 is 5.73 Å². The van der Waals surface area contributed by atoms with Gasteiger partial charge in [-0.25, -0.2) is 0 Å². The molecule has 2 N–H and O–H groups in total. The first-order chi connectivity index (χ1) is 8.59. The van der Waals surface area contributed by atoms with Gasteiger partial charge in [0.1, 0.15) is 0 Å². The first kappa shape index (κ1) is 13.8. The minimum atomic E-state index is 0.0774. The normalized spacial score (nSPS) is 18.1. The number of hydrogen-bond donors (Lipinski definition) is 1. The smallest absolute Gasteiger partial charge is 0.0511 e. The third-order valence-electron chi connectivity index (χ3n) is 3.79. The molecule has 0 saturated heterocycles. The first-order valence-electron chi connectivity index (χ1n) is 6.80. The van der Waals surface area contributed by atoms with Gasteiger partial charge in [-0.1, -0.05) is 46.1 Å². The van der Waals surface area contributed by atoms with Crippen LogP contribution in [0.1, 0.15) is 54.8 Å². The van der Waals surface area contributed by atoms with E-state index in [2.05, 4.69) is 48.0 Å². The Morgan fingerprint density at radius 3 is 2.44 bits per heavy atom. The predicted molar refractivity (Wildman–Crippen MR) is 81.7 cm³/mol. The van der Waals surface area contributed by atoms with E-state index in [1.165, 1.54) is 52.4 Å². The maximum Gasteiger partial charge on any atom is 0.0511 e. The van der Waals surface area contributed by atoms with Crippen molar-refractivity contribution >= 4 is 15.9 Å². The van der Waals surface area contributed by atoms with Crippen LogP contribution in [0.25, 0.3) is 0 Å². The zero-order valence-corrected chi connectivity index (χ0v) is 12.9. The second kappa shape index (κ2) is 6.03. The van der Waals surface area contributed by atoms with E-state index in [-0.39, 0.29) is 6.04 Å². The van der Waals surface area contributed by atoms with Crippen molar-refractivity contribution in [2.45, 2.75) is 52.0 Å². The number of aryl methyl sites for hydroxylation is 2. The molecular formula is C16H22BrN. The first-order valence-corrected chi connectivity index (χ1v) is 7.60. The lowest BCUT2D eigenvalue weighted by Crippen LogP contribution is -2.14. The zero-order chi connectivity index (χ0) is 13.1. The molecule has 0 fully saturated rings. The summed E-state index contributed by atoms with van der Waals surface area (Å²) in [6.45, 7) is 4.27. The molecule has 0 saturated carbocycles. The van der Waals surface area contributed by atoms with Gasteiger partial charge in [-0.15, -0.1) is 0 Å².